The van der Waals surface area contributed by atoms with E-state index < -0.39 is 11.8 Å². The average molecular weight is 429 g/mol. The Labute approximate surface area is 186 Å². The highest BCUT2D eigenvalue weighted by atomic mass is 19.1. The SMILES string of the molecule is COc1cccc([C@@H](C)NCc2cc(-c3ccc(F)c(C(=O)O)c3)c3ccccc3c2)c1. The second-order valence-electron chi connectivity index (χ2n) is 7.74. The number of hydrogen-bond donors (Lipinski definition) is 2. The number of halogens is 1. The minimum Gasteiger partial charge on any atom is -0.497 e. The molecule has 2 N–H and O–H groups in total. The fourth-order valence-corrected chi connectivity index (χ4v) is 3.87. The van der Waals surface area contributed by atoms with Gasteiger partial charge in [-0.15, -0.1) is 0 Å². The van der Waals surface area contributed by atoms with Gasteiger partial charge in [-0.1, -0.05) is 42.5 Å². The molecule has 4 nitrogen and oxygen atoms in total. The van der Waals surface area contributed by atoms with Crippen molar-refractivity contribution in [1.82, 2.24) is 5.32 Å². The minimum atomic E-state index is -1.28. The summed E-state index contributed by atoms with van der Waals surface area (Å²) >= 11 is 0. The number of carboxylic acids is 1. The van der Waals surface area contributed by atoms with Crippen LogP contribution in [0.4, 0.5) is 4.39 Å². The summed E-state index contributed by atoms with van der Waals surface area (Å²) in [5.41, 5.74) is 3.38. The van der Waals surface area contributed by atoms with E-state index in [1.807, 2.05) is 48.5 Å². The van der Waals surface area contributed by atoms with Crippen LogP contribution in [0.1, 0.15) is 34.5 Å². The maximum atomic E-state index is 14.0. The number of benzene rings is 4. The van der Waals surface area contributed by atoms with Crippen LogP contribution in [0, 0.1) is 5.82 Å². The molecule has 0 aromatic heterocycles. The van der Waals surface area contributed by atoms with Crippen molar-refractivity contribution in [2.75, 3.05) is 7.11 Å². The van der Waals surface area contributed by atoms with Crippen LogP contribution in [0.25, 0.3) is 21.9 Å². The Bertz CT molecular complexity index is 1290. The van der Waals surface area contributed by atoms with Gasteiger partial charge in [0.2, 0.25) is 0 Å². The molecule has 32 heavy (non-hydrogen) atoms. The highest BCUT2D eigenvalue weighted by Crippen LogP contribution is 2.32. The van der Waals surface area contributed by atoms with Gasteiger partial charge in [0, 0.05) is 12.6 Å². The fourth-order valence-electron chi connectivity index (χ4n) is 3.87. The van der Waals surface area contributed by atoms with Gasteiger partial charge in [-0.2, -0.15) is 0 Å². The average Bonchev–Trinajstić information content (AvgIpc) is 2.82. The van der Waals surface area contributed by atoms with Gasteiger partial charge < -0.3 is 15.2 Å². The molecular formula is C27H24FNO3. The zero-order chi connectivity index (χ0) is 22.7. The maximum Gasteiger partial charge on any atom is 0.338 e. The van der Waals surface area contributed by atoms with Crippen molar-refractivity contribution in [1.29, 1.82) is 0 Å². The highest BCUT2D eigenvalue weighted by Gasteiger charge is 2.14. The zero-order valence-corrected chi connectivity index (χ0v) is 17.9. The molecule has 162 valence electrons. The number of carbonyl (C=O) groups is 1. The molecule has 0 amide bonds. The number of aromatic carboxylic acids is 1. The van der Waals surface area contributed by atoms with E-state index >= 15 is 0 Å². The molecule has 0 aliphatic heterocycles. The quantitative estimate of drug-likeness (QED) is 0.367. The fraction of sp³-hybridized carbons (Fsp3) is 0.148. The first-order chi connectivity index (χ1) is 15.5. The Balaban J connectivity index is 1.68. The maximum absolute atomic E-state index is 14.0. The summed E-state index contributed by atoms with van der Waals surface area (Å²) in [6, 6.07) is 24.4. The number of methoxy groups -OCH3 is 1. The number of carboxylic acid groups (broad SMARTS) is 1. The van der Waals surface area contributed by atoms with E-state index in [-0.39, 0.29) is 11.6 Å². The highest BCUT2D eigenvalue weighted by molar-refractivity contribution is 5.98. The van der Waals surface area contributed by atoms with Crippen molar-refractivity contribution < 1.29 is 19.0 Å². The van der Waals surface area contributed by atoms with Crippen LogP contribution in [0.15, 0.2) is 78.9 Å². The van der Waals surface area contributed by atoms with Gasteiger partial charge in [0.05, 0.1) is 12.7 Å². The summed E-state index contributed by atoms with van der Waals surface area (Å²) in [6.07, 6.45) is 0. The molecule has 0 saturated heterocycles. The van der Waals surface area contributed by atoms with Crippen LogP contribution in [-0.4, -0.2) is 18.2 Å². The van der Waals surface area contributed by atoms with E-state index in [1.165, 1.54) is 12.1 Å². The molecule has 0 aliphatic rings. The first kappa shape index (κ1) is 21.5. The Morgan fingerprint density at radius 2 is 1.84 bits per heavy atom. The second kappa shape index (κ2) is 9.20. The molecule has 0 saturated carbocycles. The Kier molecular flexibility index (Phi) is 6.19. The van der Waals surface area contributed by atoms with E-state index in [0.717, 1.165) is 33.2 Å². The van der Waals surface area contributed by atoms with Crippen molar-refractivity contribution in [3.05, 3.63) is 101 Å². The van der Waals surface area contributed by atoms with Gasteiger partial charge in [0.15, 0.2) is 0 Å². The lowest BCUT2D eigenvalue weighted by molar-refractivity contribution is 0.0692. The van der Waals surface area contributed by atoms with Crippen molar-refractivity contribution in [2.24, 2.45) is 0 Å². The molecule has 0 bridgehead atoms. The van der Waals surface area contributed by atoms with Gasteiger partial charge >= 0.3 is 5.97 Å². The monoisotopic (exact) mass is 429 g/mol. The lowest BCUT2D eigenvalue weighted by Gasteiger charge is -2.17. The van der Waals surface area contributed by atoms with Crippen molar-refractivity contribution in [3.8, 4) is 16.9 Å². The molecule has 0 spiro atoms. The molecule has 5 heteroatoms. The number of ether oxygens (including phenoxy) is 1. The van der Waals surface area contributed by atoms with Crippen molar-refractivity contribution in [2.45, 2.75) is 19.5 Å². The summed E-state index contributed by atoms with van der Waals surface area (Å²) in [5, 5.41) is 14.9. The molecule has 0 fully saturated rings. The van der Waals surface area contributed by atoms with Crippen LogP contribution >= 0.6 is 0 Å². The number of hydrogen-bond acceptors (Lipinski definition) is 3. The Hall–Kier alpha value is -3.70. The largest absolute Gasteiger partial charge is 0.497 e. The Morgan fingerprint density at radius 3 is 2.62 bits per heavy atom. The standard InChI is InChI=1S/C27H24FNO3/c1-17(19-7-5-8-22(14-19)32-2)29-16-18-12-20-6-3-4-9-23(20)24(13-18)21-10-11-26(28)25(15-21)27(30)31/h3-15,17,29H,16H2,1-2H3,(H,30,31)/t17-/m1/s1. The summed E-state index contributed by atoms with van der Waals surface area (Å²) in [6.45, 7) is 2.71. The summed E-state index contributed by atoms with van der Waals surface area (Å²) < 4.78 is 19.3. The third-order valence-electron chi connectivity index (χ3n) is 5.64. The van der Waals surface area contributed by atoms with Crippen LogP contribution in [0.5, 0.6) is 5.75 Å². The van der Waals surface area contributed by atoms with Crippen molar-refractivity contribution in [3.63, 3.8) is 0 Å². The van der Waals surface area contributed by atoms with E-state index in [2.05, 4.69) is 24.4 Å². The van der Waals surface area contributed by atoms with E-state index in [4.69, 9.17) is 4.74 Å². The third-order valence-corrected chi connectivity index (χ3v) is 5.64. The number of fused-ring (bicyclic) bond motifs is 1. The Morgan fingerprint density at radius 1 is 1.03 bits per heavy atom. The summed E-state index contributed by atoms with van der Waals surface area (Å²) in [7, 11) is 1.65. The zero-order valence-electron chi connectivity index (χ0n) is 17.9. The van der Waals surface area contributed by atoms with Gasteiger partial charge in [0.1, 0.15) is 11.6 Å². The molecule has 0 unspecified atom stereocenters. The van der Waals surface area contributed by atoms with E-state index in [9.17, 15) is 14.3 Å². The van der Waals surface area contributed by atoms with Crippen LogP contribution < -0.4 is 10.1 Å². The van der Waals surface area contributed by atoms with Gasteiger partial charge in [-0.3, -0.25) is 0 Å². The second-order valence-corrected chi connectivity index (χ2v) is 7.74. The van der Waals surface area contributed by atoms with Crippen LogP contribution in [-0.2, 0) is 6.54 Å². The molecule has 0 heterocycles. The molecule has 0 radical (unpaired) electrons. The molecule has 4 aromatic rings. The normalized spacial score (nSPS) is 12.0. The van der Waals surface area contributed by atoms with Crippen molar-refractivity contribution >= 4 is 16.7 Å². The third kappa shape index (κ3) is 4.48. The molecule has 4 rings (SSSR count). The van der Waals surface area contributed by atoms with E-state index in [0.29, 0.717) is 12.1 Å². The first-order valence-corrected chi connectivity index (χ1v) is 10.4. The van der Waals surface area contributed by atoms with Gasteiger partial charge in [-0.25, -0.2) is 9.18 Å². The molecule has 4 aromatic carbocycles. The molecule has 0 aliphatic carbocycles. The summed E-state index contributed by atoms with van der Waals surface area (Å²) in [4.78, 5) is 11.4. The molecule has 1 atom stereocenters. The number of rotatable bonds is 7. The predicted molar refractivity (Wildman–Crippen MR) is 125 cm³/mol. The predicted octanol–water partition coefficient (Wildman–Crippen LogP) is 6.20. The smallest absolute Gasteiger partial charge is 0.338 e. The lowest BCUT2D eigenvalue weighted by Crippen LogP contribution is -2.18. The van der Waals surface area contributed by atoms with Gasteiger partial charge in [-0.05, 0) is 76.3 Å². The minimum absolute atomic E-state index is 0.101. The molecular weight excluding hydrogens is 405 g/mol. The van der Waals surface area contributed by atoms with E-state index in [1.54, 1.807) is 13.2 Å². The summed E-state index contributed by atoms with van der Waals surface area (Å²) in [5.74, 6) is -1.20. The topological polar surface area (TPSA) is 58.6 Å². The lowest BCUT2D eigenvalue weighted by atomic mass is 9.94. The first-order valence-electron chi connectivity index (χ1n) is 10.4. The van der Waals surface area contributed by atoms with Gasteiger partial charge in [0.25, 0.3) is 0 Å². The van der Waals surface area contributed by atoms with Crippen LogP contribution in [0.3, 0.4) is 0 Å². The van der Waals surface area contributed by atoms with Crippen LogP contribution in [0.2, 0.25) is 0 Å². The number of nitrogens with one attached hydrogen (secondary N) is 1.